The molecule has 0 amide bonds. The summed E-state index contributed by atoms with van der Waals surface area (Å²) >= 11 is 0. The van der Waals surface area contributed by atoms with Crippen LogP contribution in [0.1, 0.15) is 13.3 Å². The zero-order valence-electron chi connectivity index (χ0n) is 7.50. The van der Waals surface area contributed by atoms with Crippen molar-refractivity contribution >= 4 is 11.9 Å². The number of rotatable bonds is 4. The average Bonchev–Trinajstić information content (AvgIpc) is 2.13. The van der Waals surface area contributed by atoms with E-state index >= 15 is 0 Å². The molecule has 0 unspecified atom stereocenters. The number of hydrogen-bond donors (Lipinski definition) is 0. The van der Waals surface area contributed by atoms with E-state index in [2.05, 4.69) is 9.47 Å². The third-order valence-corrected chi connectivity index (χ3v) is 1.15. The lowest BCUT2D eigenvalue weighted by molar-refractivity contribution is -0.140. The summed E-state index contributed by atoms with van der Waals surface area (Å²) in [6.07, 6.45) is 0.547. The molecule has 0 bridgehead atoms. The lowest BCUT2D eigenvalue weighted by Crippen LogP contribution is -2.05. The standard InChI is InChI=1S/C8H11FO4/c1-3-13-8(11)6(9)4-5-7(10)12-2/h4H,3,5H2,1-2H3/b6-4-. The Morgan fingerprint density at radius 1 is 1.46 bits per heavy atom. The van der Waals surface area contributed by atoms with Gasteiger partial charge in [-0.3, -0.25) is 4.79 Å². The Morgan fingerprint density at radius 3 is 2.54 bits per heavy atom. The average molecular weight is 190 g/mol. The number of halogens is 1. The predicted octanol–water partition coefficient (Wildman–Crippen LogP) is 0.966. The van der Waals surface area contributed by atoms with Gasteiger partial charge in [-0.1, -0.05) is 0 Å². The number of methoxy groups -OCH3 is 1. The SMILES string of the molecule is CCOC(=O)/C(F)=C/CC(=O)OC. The van der Waals surface area contributed by atoms with Crippen LogP contribution in [0, 0.1) is 0 Å². The number of ether oxygens (including phenoxy) is 2. The molecule has 0 aromatic rings. The van der Waals surface area contributed by atoms with Crippen LogP contribution in [-0.4, -0.2) is 25.7 Å². The van der Waals surface area contributed by atoms with Crippen molar-refractivity contribution in [3.05, 3.63) is 11.9 Å². The summed E-state index contributed by atoms with van der Waals surface area (Å²) in [5.41, 5.74) is 0. The maximum atomic E-state index is 12.7. The van der Waals surface area contributed by atoms with E-state index in [0.717, 1.165) is 6.08 Å². The van der Waals surface area contributed by atoms with Gasteiger partial charge in [0.25, 0.3) is 0 Å². The van der Waals surface area contributed by atoms with Crippen LogP contribution in [0.15, 0.2) is 11.9 Å². The largest absolute Gasteiger partial charge is 0.469 e. The summed E-state index contributed by atoms with van der Waals surface area (Å²) in [6.45, 7) is 1.66. The van der Waals surface area contributed by atoms with Crippen LogP contribution in [-0.2, 0) is 19.1 Å². The maximum Gasteiger partial charge on any atom is 0.366 e. The maximum absolute atomic E-state index is 12.7. The van der Waals surface area contributed by atoms with E-state index in [1.54, 1.807) is 6.92 Å². The molecule has 13 heavy (non-hydrogen) atoms. The molecule has 0 saturated heterocycles. The van der Waals surface area contributed by atoms with Crippen LogP contribution in [0.2, 0.25) is 0 Å². The van der Waals surface area contributed by atoms with Crippen LogP contribution in [0.3, 0.4) is 0 Å². The van der Waals surface area contributed by atoms with E-state index < -0.39 is 17.8 Å². The van der Waals surface area contributed by atoms with Gasteiger partial charge >= 0.3 is 11.9 Å². The number of esters is 2. The van der Waals surface area contributed by atoms with Crippen LogP contribution in [0.4, 0.5) is 4.39 Å². The molecular weight excluding hydrogens is 179 g/mol. The molecule has 4 nitrogen and oxygen atoms in total. The Kier molecular flexibility index (Phi) is 5.50. The summed E-state index contributed by atoms with van der Waals surface area (Å²) in [4.78, 5) is 21.1. The van der Waals surface area contributed by atoms with Gasteiger partial charge in [0.15, 0.2) is 0 Å². The molecule has 0 radical (unpaired) electrons. The minimum absolute atomic E-state index is 0.0956. The molecule has 0 N–H and O–H groups in total. The fourth-order valence-corrected chi connectivity index (χ4v) is 0.540. The smallest absolute Gasteiger partial charge is 0.366 e. The van der Waals surface area contributed by atoms with Gasteiger partial charge in [0.1, 0.15) is 0 Å². The second-order valence-corrected chi connectivity index (χ2v) is 2.05. The molecule has 0 aliphatic heterocycles. The Morgan fingerprint density at radius 2 is 2.08 bits per heavy atom. The Hall–Kier alpha value is -1.39. The zero-order valence-corrected chi connectivity index (χ0v) is 7.50. The normalized spacial score (nSPS) is 10.8. The molecule has 74 valence electrons. The fraction of sp³-hybridized carbons (Fsp3) is 0.500. The summed E-state index contributed by atoms with van der Waals surface area (Å²) in [5, 5.41) is 0. The predicted molar refractivity (Wildman–Crippen MR) is 42.5 cm³/mol. The van der Waals surface area contributed by atoms with E-state index in [1.807, 2.05) is 0 Å². The van der Waals surface area contributed by atoms with E-state index in [4.69, 9.17) is 0 Å². The quantitative estimate of drug-likeness (QED) is 0.489. The second kappa shape index (κ2) is 6.16. The van der Waals surface area contributed by atoms with Crippen molar-refractivity contribution in [2.24, 2.45) is 0 Å². The molecule has 0 fully saturated rings. The van der Waals surface area contributed by atoms with E-state index in [0.29, 0.717) is 0 Å². The first kappa shape index (κ1) is 11.6. The van der Waals surface area contributed by atoms with Crippen molar-refractivity contribution < 1.29 is 23.5 Å². The van der Waals surface area contributed by atoms with Gasteiger partial charge in [-0.15, -0.1) is 0 Å². The Bertz CT molecular complexity index is 222. The zero-order chi connectivity index (χ0) is 10.3. The highest BCUT2D eigenvalue weighted by Crippen LogP contribution is 2.02. The first-order chi connectivity index (χ1) is 6.11. The van der Waals surface area contributed by atoms with Crippen molar-refractivity contribution in [2.45, 2.75) is 13.3 Å². The van der Waals surface area contributed by atoms with Crippen molar-refractivity contribution in [1.82, 2.24) is 0 Å². The highest BCUT2D eigenvalue weighted by molar-refractivity contribution is 5.86. The van der Waals surface area contributed by atoms with Crippen molar-refractivity contribution in [2.75, 3.05) is 13.7 Å². The second-order valence-electron chi connectivity index (χ2n) is 2.05. The van der Waals surface area contributed by atoms with Gasteiger partial charge < -0.3 is 9.47 Å². The molecule has 0 aromatic heterocycles. The minimum atomic E-state index is -1.08. The van der Waals surface area contributed by atoms with Crippen LogP contribution in [0.5, 0.6) is 0 Å². The summed E-state index contributed by atoms with van der Waals surface area (Å²) in [6, 6.07) is 0. The molecule has 5 heteroatoms. The molecule has 0 atom stereocenters. The Balaban J connectivity index is 4.01. The third-order valence-electron chi connectivity index (χ3n) is 1.15. The third kappa shape index (κ3) is 4.95. The van der Waals surface area contributed by atoms with Gasteiger partial charge in [-0.2, -0.15) is 4.39 Å². The number of hydrogen-bond acceptors (Lipinski definition) is 4. The molecule has 0 heterocycles. The van der Waals surface area contributed by atoms with E-state index in [-0.39, 0.29) is 13.0 Å². The van der Waals surface area contributed by atoms with Crippen molar-refractivity contribution in [3.63, 3.8) is 0 Å². The molecular formula is C8H11FO4. The molecule has 0 rings (SSSR count). The van der Waals surface area contributed by atoms with Crippen LogP contribution < -0.4 is 0 Å². The van der Waals surface area contributed by atoms with E-state index in [9.17, 15) is 14.0 Å². The number of carbonyl (C=O) groups is 2. The summed E-state index contributed by atoms with van der Waals surface area (Å²) in [5.74, 6) is -2.75. The van der Waals surface area contributed by atoms with Gasteiger partial charge in [0.05, 0.1) is 20.1 Å². The minimum Gasteiger partial charge on any atom is -0.469 e. The first-order valence-corrected chi connectivity index (χ1v) is 3.71. The lowest BCUT2D eigenvalue weighted by Gasteiger charge is -1.97. The molecule has 0 aromatic carbocycles. The molecule has 0 spiro atoms. The van der Waals surface area contributed by atoms with Crippen LogP contribution in [0.25, 0.3) is 0 Å². The van der Waals surface area contributed by atoms with Gasteiger partial charge in [-0.25, -0.2) is 4.79 Å². The fourth-order valence-electron chi connectivity index (χ4n) is 0.540. The topological polar surface area (TPSA) is 52.6 Å². The lowest BCUT2D eigenvalue weighted by atomic mass is 10.3. The summed E-state index contributed by atoms with van der Waals surface area (Å²) < 4.78 is 21.2. The molecule has 0 aliphatic rings. The van der Waals surface area contributed by atoms with Gasteiger partial charge in [0.2, 0.25) is 5.83 Å². The summed E-state index contributed by atoms with van der Waals surface area (Å²) in [7, 11) is 1.18. The van der Waals surface area contributed by atoms with Crippen molar-refractivity contribution in [1.29, 1.82) is 0 Å². The van der Waals surface area contributed by atoms with Gasteiger partial charge in [0, 0.05) is 0 Å². The van der Waals surface area contributed by atoms with Crippen LogP contribution >= 0.6 is 0 Å². The highest BCUT2D eigenvalue weighted by Gasteiger charge is 2.09. The molecule has 0 aliphatic carbocycles. The Labute approximate surface area is 75.3 Å². The van der Waals surface area contributed by atoms with E-state index in [1.165, 1.54) is 7.11 Å². The first-order valence-electron chi connectivity index (χ1n) is 3.71. The number of carbonyl (C=O) groups excluding carboxylic acids is 2. The highest BCUT2D eigenvalue weighted by atomic mass is 19.1. The monoisotopic (exact) mass is 190 g/mol. The molecule has 0 saturated carbocycles. The van der Waals surface area contributed by atoms with Gasteiger partial charge in [-0.05, 0) is 13.0 Å². The van der Waals surface area contributed by atoms with Crippen molar-refractivity contribution in [3.8, 4) is 0 Å².